The van der Waals surface area contributed by atoms with E-state index in [2.05, 4.69) is 19.2 Å². The predicted octanol–water partition coefficient (Wildman–Crippen LogP) is 3.29. The van der Waals surface area contributed by atoms with Crippen molar-refractivity contribution in [2.75, 3.05) is 11.9 Å². The average Bonchev–Trinajstić information content (AvgIpc) is 2.89. The number of hydrogen-bond donors (Lipinski definition) is 1. The average molecular weight is 236 g/mol. The van der Waals surface area contributed by atoms with E-state index in [0.717, 1.165) is 6.42 Å². The van der Waals surface area contributed by atoms with E-state index in [0.29, 0.717) is 17.9 Å². The van der Waals surface area contributed by atoms with Gasteiger partial charge in [-0.3, -0.25) is 0 Å². The Bertz CT molecular complexity index is 489. The fraction of sp³-hybridized carbons (Fsp3) is 0.462. The number of rotatable bonds is 3. The van der Waals surface area contributed by atoms with Gasteiger partial charge in [0, 0.05) is 6.54 Å². The van der Waals surface area contributed by atoms with Crippen LogP contribution < -0.4 is 5.32 Å². The molecule has 0 amide bonds. The molecule has 1 fully saturated rings. The molecule has 0 aliphatic heterocycles. The van der Waals surface area contributed by atoms with E-state index < -0.39 is 11.6 Å². The lowest BCUT2D eigenvalue weighted by Gasteiger charge is -2.09. The number of benzene rings is 1. The third-order valence-corrected chi connectivity index (χ3v) is 3.46. The maximum absolute atomic E-state index is 13.5. The summed E-state index contributed by atoms with van der Waals surface area (Å²) in [6.07, 6.45) is 1.10. The van der Waals surface area contributed by atoms with Crippen molar-refractivity contribution in [3.8, 4) is 6.07 Å². The minimum atomic E-state index is -1.08. The van der Waals surface area contributed by atoms with Crippen LogP contribution in [0.3, 0.4) is 0 Å². The maximum atomic E-state index is 13.5. The Hall–Kier alpha value is -1.63. The van der Waals surface area contributed by atoms with Crippen LogP contribution in [0.25, 0.3) is 0 Å². The Morgan fingerprint density at radius 2 is 2.06 bits per heavy atom. The number of nitriles is 1. The van der Waals surface area contributed by atoms with Crippen molar-refractivity contribution in [1.82, 2.24) is 0 Å². The van der Waals surface area contributed by atoms with Crippen LogP contribution in [0, 0.1) is 34.3 Å². The van der Waals surface area contributed by atoms with Crippen molar-refractivity contribution >= 4 is 5.69 Å². The summed E-state index contributed by atoms with van der Waals surface area (Å²) in [6.45, 7) is 4.93. The van der Waals surface area contributed by atoms with Gasteiger partial charge in [0.25, 0.3) is 0 Å². The zero-order chi connectivity index (χ0) is 12.6. The van der Waals surface area contributed by atoms with Crippen LogP contribution in [-0.2, 0) is 0 Å². The molecule has 4 heteroatoms. The SMILES string of the molecule is CC1(C)CC1CNc1ccc(C#N)c(F)c1F. The van der Waals surface area contributed by atoms with Gasteiger partial charge in [-0.15, -0.1) is 0 Å². The molecule has 90 valence electrons. The smallest absolute Gasteiger partial charge is 0.183 e. The molecule has 2 rings (SSSR count). The Kier molecular flexibility index (Phi) is 2.78. The van der Waals surface area contributed by atoms with Gasteiger partial charge in [0.05, 0.1) is 11.3 Å². The van der Waals surface area contributed by atoms with Crippen LogP contribution in [0.5, 0.6) is 0 Å². The van der Waals surface area contributed by atoms with Gasteiger partial charge in [-0.05, 0) is 29.9 Å². The van der Waals surface area contributed by atoms with Crippen molar-refractivity contribution in [2.45, 2.75) is 20.3 Å². The third-order valence-electron chi connectivity index (χ3n) is 3.46. The van der Waals surface area contributed by atoms with Gasteiger partial charge >= 0.3 is 0 Å². The molecule has 0 spiro atoms. The molecule has 1 aromatic carbocycles. The van der Waals surface area contributed by atoms with Crippen molar-refractivity contribution in [3.05, 3.63) is 29.3 Å². The molecule has 0 radical (unpaired) electrons. The quantitative estimate of drug-likeness (QED) is 0.874. The molecule has 1 aliphatic rings. The van der Waals surface area contributed by atoms with Crippen LogP contribution in [0.1, 0.15) is 25.8 Å². The van der Waals surface area contributed by atoms with Crippen LogP contribution in [0.4, 0.5) is 14.5 Å². The maximum Gasteiger partial charge on any atom is 0.183 e. The number of anilines is 1. The summed E-state index contributed by atoms with van der Waals surface area (Å²) in [6, 6.07) is 4.31. The zero-order valence-corrected chi connectivity index (χ0v) is 9.85. The predicted molar refractivity (Wildman–Crippen MR) is 61.5 cm³/mol. The summed E-state index contributed by atoms with van der Waals surface area (Å²) in [7, 11) is 0. The molecule has 1 unspecified atom stereocenters. The normalized spacial score (nSPS) is 20.8. The second-order valence-electron chi connectivity index (χ2n) is 5.17. The fourth-order valence-electron chi connectivity index (χ4n) is 1.93. The van der Waals surface area contributed by atoms with E-state index >= 15 is 0 Å². The summed E-state index contributed by atoms with van der Waals surface area (Å²) in [4.78, 5) is 0. The van der Waals surface area contributed by atoms with Gasteiger partial charge in [-0.25, -0.2) is 8.78 Å². The van der Waals surface area contributed by atoms with Gasteiger partial charge in [-0.1, -0.05) is 13.8 Å². The Morgan fingerprint density at radius 3 is 2.59 bits per heavy atom. The fourth-order valence-corrected chi connectivity index (χ4v) is 1.93. The van der Waals surface area contributed by atoms with Gasteiger partial charge < -0.3 is 5.32 Å². The van der Waals surface area contributed by atoms with Crippen molar-refractivity contribution in [3.63, 3.8) is 0 Å². The Morgan fingerprint density at radius 1 is 1.41 bits per heavy atom. The van der Waals surface area contributed by atoms with Gasteiger partial charge in [-0.2, -0.15) is 5.26 Å². The highest BCUT2D eigenvalue weighted by Crippen LogP contribution is 2.51. The lowest BCUT2D eigenvalue weighted by atomic mass is 10.1. The molecule has 1 atom stereocenters. The molecule has 0 heterocycles. The molecule has 1 aromatic rings. The van der Waals surface area contributed by atoms with E-state index in [1.807, 2.05) is 0 Å². The lowest BCUT2D eigenvalue weighted by molar-refractivity contribution is 0.507. The van der Waals surface area contributed by atoms with Gasteiger partial charge in [0.1, 0.15) is 6.07 Å². The van der Waals surface area contributed by atoms with Gasteiger partial charge in [0.15, 0.2) is 11.6 Å². The molecule has 2 nitrogen and oxygen atoms in total. The minimum Gasteiger partial charge on any atom is -0.382 e. The van der Waals surface area contributed by atoms with Crippen LogP contribution in [0.2, 0.25) is 0 Å². The first-order valence-corrected chi connectivity index (χ1v) is 5.57. The van der Waals surface area contributed by atoms with Crippen LogP contribution in [-0.4, -0.2) is 6.54 Å². The Balaban J connectivity index is 2.08. The van der Waals surface area contributed by atoms with Crippen LogP contribution in [0.15, 0.2) is 12.1 Å². The summed E-state index contributed by atoms with van der Waals surface area (Å²) in [5.74, 6) is -1.55. The summed E-state index contributed by atoms with van der Waals surface area (Å²) in [5, 5.41) is 11.5. The molecule has 17 heavy (non-hydrogen) atoms. The largest absolute Gasteiger partial charge is 0.382 e. The standard InChI is InChI=1S/C13H14F2N2/c1-13(2)5-9(13)7-17-10-4-3-8(6-16)11(14)12(10)15/h3-4,9,17H,5,7H2,1-2H3. The molecule has 0 aromatic heterocycles. The summed E-state index contributed by atoms with van der Waals surface area (Å²) < 4.78 is 26.8. The van der Waals surface area contributed by atoms with Crippen LogP contribution >= 0.6 is 0 Å². The highest BCUT2D eigenvalue weighted by molar-refractivity contribution is 5.49. The molecular formula is C13H14F2N2. The highest BCUT2D eigenvalue weighted by atomic mass is 19.2. The summed E-state index contributed by atoms with van der Waals surface area (Å²) in [5.41, 5.74) is 0.165. The molecule has 1 saturated carbocycles. The van der Waals surface area contributed by atoms with Crippen molar-refractivity contribution < 1.29 is 8.78 Å². The van der Waals surface area contributed by atoms with E-state index in [1.54, 1.807) is 6.07 Å². The minimum absolute atomic E-state index is 0.129. The molecular weight excluding hydrogens is 222 g/mol. The molecule has 0 bridgehead atoms. The molecule has 1 N–H and O–H groups in total. The van der Waals surface area contributed by atoms with Crippen molar-refractivity contribution in [1.29, 1.82) is 5.26 Å². The monoisotopic (exact) mass is 236 g/mol. The summed E-state index contributed by atoms with van der Waals surface area (Å²) >= 11 is 0. The topological polar surface area (TPSA) is 35.8 Å². The number of nitrogens with one attached hydrogen (secondary N) is 1. The first-order valence-electron chi connectivity index (χ1n) is 5.57. The van der Waals surface area contributed by atoms with E-state index in [-0.39, 0.29) is 11.3 Å². The molecule has 1 aliphatic carbocycles. The number of hydrogen-bond acceptors (Lipinski definition) is 2. The number of nitrogens with zero attached hydrogens (tertiary/aromatic N) is 1. The number of halogens is 2. The third kappa shape index (κ3) is 2.23. The highest BCUT2D eigenvalue weighted by Gasteiger charge is 2.45. The van der Waals surface area contributed by atoms with E-state index in [4.69, 9.17) is 5.26 Å². The lowest BCUT2D eigenvalue weighted by Crippen LogP contribution is -2.09. The Labute approximate surface area is 99.3 Å². The zero-order valence-electron chi connectivity index (χ0n) is 9.85. The molecule has 0 saturated heterocycles. The first kappa shape index (κ1) is 11.8. The second kappa shape index (κ2) is 3.99. The van der Waals surface area contributed by atoms with Crippen molar-refractivity contribution in [2.24, 2.45) is 11.3 Å². The second-order valence-corrected chi connectivity index (χ2v) is 5.17. The first-order chi connectivity index (χ1) is 7.95. The van der Waals surface area contributed by atoms with Gasteiger partial charge in [0.2, 0.25) is 0 Å². The van der Waals surface area contributed by atoms with E-state index in [9.17, 15) is 8.78 Å². The van der Waals surface area contributed by atoms with E-state index in [1.165, 1.54) is 12.1 Å².